The third-order valence-corrected chi connectivity index (χ3v) is 3.50. The van der Waals surface area contributed by atoms with Crippen LogP contribution in [-0.4, -0.2) is 26.6 Å². The summed E-state index contributed by atoms with van der Waals surface area (Å²) in [5, 5.41) is 13.7. The van der Waals surface area contributed by atoms with Crippen molar-refractivity contribution in [3.05, 3.63) is 23.7 Å². The minimum Gasteiger partial charge on any atom is -0.619 e. The zero-order valence-electron chi connectivity index (χ0n) is 12.3. The number of hydrogen-bond donors (Lipinski definition) is 2. The minimum atomic E-state index is -4.22. The third-order valence-electron chi connectivity index (χ3n) is 2.17. The summed E-state index contributed by atoms with van der Waals surface area (Å²) in [5.74, 6) is 0.000610. The number of carbonyl (C=O) groups is 1. The molecule has 2 N–H and O–H groups in total. The van der Waals surface area contributed by atoms with Gasteiger partial charge in [0.1, 0.15) is 0 Å². The summed E-state index contributed by atoms with van der Waals surface area (Å²) in [7, 11) is -4.22. The van der Waals surface area contributed by atoms with E-state index in [1.54, 1.807) is 27.7 Å². The Labute approximate surface area is 123 Å². The molecule has 118 valence electrons. The molecule has 0 saturated carbocycles. The molecule has 0 saturated heterocycles. The Morgan fingerprint density at radius 2 is 2.05 bits per heavy atom. The molecule has 0 aromatic carbocycles. The number of nitrogens with one attached hydrogen (secondary N) is 2. The molecule has 1 aromatic rings. The predicted octanol–water partition coefficient (Wildman–Crippen LogP) is 0.505. The molecular formula is C12H19N3O5S. The molecule has 1 heterocycles. The van der Waals surface area contributed by atoms with Crippen LogP contribution in [0.25, 0.3) is 0 Å². The summed E-state index contributed by atoms with van der Waals surface area (Å²) < 4.78 is 31.7. The number of nitrogens with zero attached hydrogens (tertiary/aromatic N) is 1. The Hall–Kier alpha value is -2.03. The Morgan fingerprint density at radius 3 is 2.57 bits per heavy atom. The Balaban J connectivity index is 3.08. The van der Waals surface area contributed by atoms with Gasteiger partial charge in [-0.15, -0.1) is 0 Å². The lowest BCUT2D eigenvalue weighted by Crippen LogP contribution is -2.48. The number of ether oxygens (including phenoxy) is 1. The zero-order chi connectivity index (χ0) is 16.3. The number of pyridine rings is 1. The number of sulfonamides is 1. The van der Waals surface area contributed by atoms with Gasteiger partial charge >= 0.3 is 6.03 Å². The molecular weight excluding hydrogens is 298 g/mol. The highest BCUT2D eigenvalue weighted by Gasteiger charge is 2.26. The van der Waals surface area contributed by atoms with Crippen LogP contribution in [-0.2, 0) is 10.0 Å². The van der Waals surface area contributed by atoms with E-state index in [0.29, 0.717) is 4.73 Å². The number of carbonyl (C=O) groups excluding carboxylic acids is 1. The van der Waals surface area contributed by atoms with Gasteiger partial charge in [0.15, 0.2) is 16.8 Å². The molecule has 8 nitrogen and oxygen atoms in total. The summed E-state index contributed by atoms with van der Waals surface area (Å²) >= 11 is 0. The van der Waals surface area contributed by atoms with Crippen molar-refractivity contribution in [1.29, 1.82) is 0 Å². The monoisotopic (exact) mass is 317 g/mol. The van der Waals surface area contributed by atoms with Crippen LogP contribution in [0.4, 0.5) is 4.79 Å². The van der Waals surface area contributed by atoms with Gasteiger partial charge in [-0.3, -0.25) is 0 Å². The second-order valence-electron chi connectivity index (χ2n) is 5.28. The van der Waals surface area contributed by atoms with Crippen LogP contribution in [0.5, 0.6) is 5.75 Å². The Bertz CT molecular complexity index is 622. The molecule has 1 aromatic heterocycles. The fourth-order valence-corrected chi connectivity index (χ4v) is 2.50. The molecule has 0 bridgehead atoms. The zero-order valence-corrected chi connectivity index (χ0v) is 13.2. The lowest BCUT2D eigenvalue weighted by Gasteiger charge is -2.20. The molecule has 0 fully saturated rings. The maximum atomic E-state index is 12.2. The van der Waals surface area contributed by atoms with Crippen LogP contribution in [0.2, 0.25) is 0 Å². The largest absolute Gasteiger partial charge is 0.619 e. The molecule has 0 unspecified atom stereocenters. The van der Waals surface area contributed by atoms with Gasteiger partial charge in [-0.2, -0.15) is 4.73 Å². The second-order valence-corrected chi connectivity index (χ2v) is 6.93. The van der Waals surface area contributed by atoms with Crippen molar-refractivity contribution in [2.45, 2.75) is 38.1 Å². The van der Waals surface area contributed by atoms with Gasteiger partial charge in [-0.05, 0) is 27.7 Å². The highest BCUT2D eigenvalue weighted by atomic mass is 32.2. The molecule has 9 heteroatoms. The first-order valence-corrected chi connectivity index (χ1v) is 7.74. The number of rotatable bonds is 4. The quantitative estimate of drug-likeness (QED) is 0.620. The number of aromatic nitrogens is 1. The first-order chi connectivity index (χ1) is 9.55. The summed E-state index contributed by atoms with van der Waals surface area (Å²) in [6.45, 7) is 7.02. The first-order valence-electron chi connectivity index (χ1n) is 6.26. The number of hydrogen-bond acceptors (Lipinski definition) is 5. The van der Waals surface area contributed by atoms with E-state index in [2.05, 4.69) is 5.32 Å². The summed E-state index contributed by atoms with van der Waals surface area (Å²) in [6.07, 6.45) is 1.94. The van der Waals surface area contributed by atoms with Crippen molar-refractivity contribution in [2.24, 2.45) is 0 Å². The van der Waals surface area contributed by atoms with Gasteiger partial charge in [0, 0.05) is 11.6 Å². The van der Waals surface area contributed by atoms with Crippen molar-refractivity contribution in [1.82, 2.24) is 10.0 Å². The second kappa shape index (κ2) is 6.17. The number of amides is 2. The van der Waals surface area contributed by atoms with Gasteiger partial charge in [-0.25, -0.2) is 17.9 Å². The lowest BCUT2D eigenvalue weighted by molar-refractivity contribution is -0.607. The predicted molar refractivity (Wildman–Crippen MR) is 75.2 cm³/mol. The first kappa shape index (κ1) is 17.0. The van der Waals surface area contributed by atoms with Crippen molar-refractivity contribution in [3.63, 3.8) is 0 Å². The SMILES string of the molecule is CCOc1cc[n+]([O-])cc1S(=O)(=O)NC(=O)NC(C)(C)C. The minimum absolute atomic E-state index is 0.000610. The van der Waals surface area contributed by atoms with E-state index in [9.17, 15) is 18.4 Å². The fourth-order valence-electron chi connectivity index (χ4n) is 1.47. The summed E-state index contributed by atoms with van der Waals surface area (Å²) in [5.41, 5.74) is -0.600. The summed E-state index contributed by atoms with van der Waals surface area (Å²) in [4.78, 5) is 11.3. The van der Waals surface area contributed by atoms with Crippen molar-refractivity contribution >= 4 is 16.1 Å². The maximum Gasteiger partial charge on any atom is 0.329 e. The van der Waals surface area contributed by atoms with Crippen molar-refractivity contribution < 1.29 is 22.7 Å². The molecule has 0 atom stereocenters. The Morgan fingerprint density at radius 1 is 1.43 bits per heavy atom. The summed E-state index contributed by atoms with van der Waals surface area (Å²) in [6, 6.07) is 0.346. The van der Waals surface area contributed by atoms with Crippen LogP contribution in [0.3, 0.4) is 0 Å². The van der Waals surface area contributed by atoms with E-state index in [1.165, 1.54) is 6.07 Å². The third kappa shape index (κ3) is 5.10. The van der Waals surface area contributed by atoms with Crippen LogP contribution in [0, 0.1) is 5.21 Å². The van der Waals surface area contributed by atoms with E-state index < -0.39 is 26.5 Å². The normalized spacial score (nSPS) is 11.8. The van der Waals surface area contributed by atoms with Gasteiger partial charge in [0.2, 0.25) is 6.20 Å². The van der Waals surface area contributed by atoms with Gasteiger partial charge < -0.3 is 15.3 Å². The highest BCUT2D eigenvalue weighted by Crippen LogP contribution is 2.21. The van der Waals surface area contributed by atoms with Crippen LogP contribution in [0.1, 0.15) is 27.7 Å². The molecule has 0 radical (unpaired) electrons. The molecule has 2 amide bonds. The van der Waals surface area contributed by atoms with E-state index >= 15 is 0 Å². The van der Waals surface area contributed by atoms with E-state index in [0.717, 1.165) is 12.4 Å². The molecule has 1 rings (SSSR count). The molecule has 0 aliphatic carbocycles. The van der Waals surface area contributed by atoms with E-state index in [-0.39, 0.29) is 12.4 Å². The van der Waals surface area contributed by atoms with Crippen molar-refractivity contribution in [2.75, 3.05) is 6.61 Å². The molecule has 21 heavy (non-hydrogen) atoms. The maximum absolute atomic E-state index is 12.2. The molecule has 0 aliphatic rings. The van der Waals surface area contributed by atoms with Crippen LogP contribution in [0.15, 0.2) is 23.4 Å². The average Bonchev–Trinajstić information content (AvgIpc) is 2.28. The van der Waals surface area contributed by atoms with Crippen LogP contribution < -0.4 is 19.5 Å². The van der Waals surface area contributed by atoms with Crippen molar-refractivity contribution in [3.8, 4) is 5.75 Å². The van der Waals surface area contributed by atoms with E-state index in [4.69, 9.17) is 4.74 Å². The molecule has 0 spiro atoms. The van der Waals surface area contributed by atoms with Gasteiger partial charge in [-0.1, -0.05) is 0 Å². The topological polar surface area (TPSA) is 111 Å². The number of urea groups is 1. The standard InChI is InChI=1S/C12H19N3O5S/c1-5-20-9-6-7-15(17)8-10(9)21(18,19)14-11(16)13-12(2,3)4/h6-8H,5H2,1-4H3,(H2,13,14,16). The Kier molecular flexibility index (Phi) is 5.00. The van der Waals surface area contributed by atoms with E-state index in [1.807, 2.05) is 4.72 Å². The molecule has 0 aliphatic heterocycles. The average molecular weight is 317 g/mol. The fraction of sp³-hybridized carbons (Fsp3) is 0.500. The van der Waals surface area contributed by atoms with Gasteiger partial charge in [0.25, 0.3) is 10.0 Å². The lowest BCUT2D eigenvalue weighted by atomic mass is 10.1. The smallest absolute Gasteiger partial charge is 0.329 e. The van der Waals surface area contributed by atoms with Gasteiger partial charge in [0.05, 0.1) is 6.61 Å². The van der Waals surface area contributed by atoms with Crippen LogP contribution >= 0.6 is 0 Å². The highest BCUT2D eigenvalue weighted by molar-refractivity contribution is 7.90.